The Bertz CT molecular complexity index is 524. The zero-order chi connectivity index (χ0) is 19.0. The van der Waals surface area contributed by atoms with Gasteiger partial charge in [-0.2, -0.15) is 13.2 Å². The molecule has 0 aromatic heterocycles. The third-order valence-electron chi connectivity index (χ3n) is 4.72. The summed E-state index contributed by atoms with van der Waals surface area (Å²) in [6.45, 7) is 5.60. The van der Waals surface area contributed by atoms with Crippen molar-refractivity contribution >= 4 is 12.0 Å². The molecule has 0 bridgehead atoms. The topological polar surface area (TPSA) is 70.1 Å². The first-order chi connectivity index (χ1) is 11.3. The minimum atomic E-state index is -4.87. The van der Waals surface area contributed by atoms with E-state index in [0.717, 1.165) is 4.90 Å². The van der Waals surface area contributed by atoms with Crippen LogP contribution in [0.3, 0.4) is 0 Å². The van der Waals surface area contributed by atoms with Gasteiger partial charge < -0.3 is 19.6 Å². The Balaban J connectivity index is 1.91. The van der Waals surface area contributed by atoms with Crippen LogP contribution in [0.1, 0.15) is 40.0 Å². The number of carbonyl (C=O) groups is 2. The minimum Gasteiger partial charge on any atom is -0.444 e. The molecule has 0 spiro atoms. The summed E-state index contributed by atoms with van der Waals surface area (Å²) in [5.41, 5.74) is -1.79. The van der Waals surface area contributed by atoms with E-state index in [9.17, 15) is 27.9 Å². The normalized spacial score (nSPS) is 26.0. The SMILES string of the molecule is CC(C)(C)OC(=O)N1CCC(O)(C2CCN(C(=O)C(F)(F)F)CC2)C1. The molecule has 0 saturated carbocycles. The molecule has 2 rings (SSSR count). The summed E-state index contributed by atoms with van der Waals surface area (Å²) < 4.78 is 42.7. The van der Waals surface area contributed by atoms with Gasteiger partial charge in [-0.05, 0) is 46.0 Å². The molecule has 0 radical (unpaired) electrons. The molecule has 1 atom stereocenters. The molecule has 2 heterocycles. The fourth-order valence-corrected chi connectivity index (χ4v) is 3.43. The van der Waals surface area contributed by atoms with E-state index < -0.39 is 29.4 Å². The highest BCUT2D eigenvalue weighted by Gasteiger charge is 2.48. The molecule has 2 aliphatic heterocycles. The van der Waals surface area contributed by atoms with E-state index in [1.807, 2.05) is 0 Å². The van der Waals surface area contributed by atoms with Crippen LogP contribution in [-0.2, 0) is 9.53 Å². The second-order valence-electron chi connectivity index (χ2n) is 7.82. The van der Waals surface area contributed by atoms with Crippen LogP contribution in [0.25, 0.3) is 0 Å². The monoisotopic (exact) mass is 366 g/mol. The zero-order valence-corrected chi connectivity index (χ0v) is 14.7. The Morgan fingerprint density at radius 2 is 1.64 bits per heavy atom. The highest BCUT2D eigenvalue weighted by Crippen LogP contribution is 2.36. The van der Waals surface area contributed by atoms with Crippen molar-refractivity contribution in [3.05, 3.63) is 0 Å². The third kappa shape index (κ3) is 4.77. The van der Waals surface area contributed by atoms with E-state index in [1.54, 1.807) is 20.8 Å². The van der Waals surface area contributed by atoms with Crippen molar-refractivity contribution < 1.29 is 32.6 Å². The summed E-state index contributed by atoms with van der Waals surface area (Å²) in [5, 5.41) is 10.8. The second-order valence-corrected chi connectivity index (χ2v) is 7.82. The Hall–Kier alpha value is -1.51. The lowest BCUT2D eigenvalue weighted by molar-refractivity contribution is -0.187. The molecule has 2 aliphatic rings. The predicted molar refractivity (Wildman–Crippen MR) is 82.7 cm³/mol. The van der Waals surface area contributed by atoms with Crippen molar-refractivity contribution in [3.8, 4) is 0 Å². The fraction of sp³-hybridized carbons (Fsp3) is 0.875. The first-order valence-electron chi connectivity index (χ1n) is 8.38. The highest BCUT2D eigenvalue weighted by atomic mass is 19.4. The Morgan fingerprint density at radius 1 is 1.08 bits per heavy atom. The number of amides is 2. The van der Waals surface area contributed by atoms with Crippen LogP contribution >= 0.6 is 0 Å². The van der Waals surface area contributed by atoms with Gasteiger partial charge in [-0.15, -0.1) is 0 Å². The van der Waals surface area contributed by atoms with Crippen molar-refractivity contribution in [1.29, 1.82) is 0 Å². The maximum absolute atomic E-state index is 12.5. The first kappa shape index (κ1) is 19.8. The number of carbonyl (C=O) groups excluding carboxylic acids is 2. The van der Waals surface area contributed by atoms with Gasteiger partial charge in [0.25, 0.3) is 0 Å². The Morgan fingerprint density at radius 3 is 2.12 bits per heavy atom. The molecular formula is C16H25F3N2O4. The molecule has 6 nitrogen and oxygen atoms in total. The van der Waals surface area contributed by atoms with Gasteiger partial charge in [0.05, 0.1) is 12.1 Å². The van der Waals surface area contributed by atoms with Crippen molar-refractivity contribution in [2.75, 3.05) is 26.2 Å². The van der Waals surface area contributed by atoms with Gasteiger partial charge in [0, 0.05) is 19.6 Å². The molecule has 0 aliphatic carbocycles. The van der Waals surface area contributed by atoms with Crippen LogP contribution < -0.4 is 0 Å². The molecule has 0 aromatic rings. The van der Waals surface area contributed by atoms with Gasteiger partial charge >= 0.3 is 18.2 Å². The average Bonchev–Trinajstić information content (AvgIpc) is 2.88. The lowest BCUT2D eigenvalue weighted by Crippen LogP contribution is -2.51. The average molecular weight is 366 g/mol. The number of halogens is 3. The molecule has 9 heteroatoms. The van der Waals surface area contributed by atoms with E-state index in [2.05, 4.69) is 0 Å². The molecule has 0 aromatic carbocycles. The van der Waals surface area contributed by atoms with E-state index >= 15 is 0 Å². The van der Waals surface area contributed by atoms with Crippen molar-refractivity contribution in [2.24, 2.45) is 5.92 Å². The summed E-state index contributed by atoms with van der Waals surface area (Å²) in [4.78, 5) is 25.6. The van der Waals surface area contributed by atoms with Crippen LogP contribution in [0.15, 0.2) is 0 Å². The zero-order valence-electron chi connectivity index (χ0n) is 14.7. The summed E-state index contributed by atoms with van der Waals surface area (Å²) >= 11 is 0. The summed E-state index contributed by atoms with van der Waals surface area (Å²) in [6, 6.07) is 0. The maximum atomic E-state index is 12.5. The van der Waals surface area contributed by atoms with Crippen LogP contribution in [0, 0.1) is 5.92 Å². The van der Waals surface area contributed by atoms with Crippen LogP contribution in [0.4, 0.5) is 18.0 Å². The number of nitrogens with zero attached hydrogens (tertiary/aromatic N) is 2. The number of hydrogen-bond donors (Lipinski definition) is 1. The molecule has 25 heavy (non-hydrogen) atoms. The van der Waals surface area contributed by atoms with E-state index in [1.165, 1.54) is 4.90 Å². The standard InChI is InChI=1S/C16H25F3N2O4/c1-14(2,3)25-13(23)21-9-6-15(24,10-21)11-4-7-20(8-5-11)12(22)16(17,18)19/h11,24H,4-10H2,1-3H3. The highest BCUT2D eigenvalue weighted by molar-refractivity contribution is 5.81. The predicted octanol–water partition coefficient (Wildman–Crippen LogP) is 2.16. The van der Waals surface area contributed by atoms with Crippen LogP contribution in [0.5, 0.6) is 0 Å². The van der Waals surface area contributed by atoms with Gasteiger partial charge in [0.15, 0.2) is 0 Å². The Kier molecular flexibility index (Phi) is 5.28. The number of rotatable bonds is 1. The summed E-state index contributed by atoms with van der Waals surface area (Å²) in [7, 11) is 0. The molecule has 2 fully saturated rings. The van der Waals surface area contributed by atoms with Gasteiger partial charge in [-0.25, -0.2) is 4.79 Å². The molecular weight excluding hydrogens is 341 g/mol. The van der Waals surface area contributed by atoms with Crippen molar-refractivity contribution in [3.63, 3.8) is 0 Å². The third-order valence-corrected chi connectivity index (χ3v) is 4.72. The molecule has 2 amide bonds. The number of piperidine rings is 1. The number of β-amino-alcohol motifs (C(OH)–C–C–N with tert-alkyl or cyclic N) is 1. The minimum absolute atomic E-state index is 0.0439. The molecule has 2 saturated heterocycles. The lowest BCUT2D eigenvalue weighted by Gasteiger charge is -2.39. The number of alkyl halides is 3. The lowest BCUT2D eigenvalue weighted by atomic mass is 9.80. The Labute approximate surface area is 144 Å². The van der Waals surface area contributed by atoms with E-state index in [4.69, 9.17) is 4.74 Å². The van der Waals surface area contributed by atoms with Crippen molar-refractivity contribution in [1.82, 2.24) is 9.80 Å². The number of hydrogen-bond acceptors (Lipinski definition) is 4. The van der Waals surface area contributed by atoms with E-state index in [-0.39, 0.29) is 38.4 Å². The second kappa shape index (κ2) is 6.66. The maximum Gasteiger partial charge on any atom is 0.471 e. The van der Waals surface area contributed by atoms with Gasteiger partial charge in [0.1, 0.15) is 5.60 Å². The number of ether oxygens (including phenoxy) is 1. The fourth-order valence-electron chi connectivity index (χ4n) is 3.43. The molecule has 1 unspecified atom stereocenters. The molecule has 1 N–H and O–H groups in total. The molecule has 144 valence electrons. The first-order valence-corrected chi connectivity index (χ1v) is 8.38. The van der Waals surface area contributed by atoms with Crippen LogP contribution in [-0.4, -0.2) is 70.5 Å². The smallest absolute Gasteiger partial charge is 0.444 e. The number of likely N-dealkylation sites (tertiary alicyclic amines) is 2. The van der Waals surface area contributed by atoms with Gasteiger partial charge in [-0.1, -0.05) is 0 Å². The largest absolute Gasteiger partial charge is 0.471 e. The van der Waals surface area contributed by atoms with Crippen LogP contribution in [0.2, 0.25) is 0 Å². The summed E-state index contributed by atoms with van der Waals surface area (Å²) in [6.07, 6.45) is -4.47. The summed E-state index contributed by atoms with van der Waals surface area (Å²) in [5.74, 6) is -2.09. The van der Waals surface area contributed by atoms with Gasteiger partial charge in [-0.3, -0.25) is 4.79 Å². The number of aliphatic hydroxyl groups is 1. The van der Waals surface area contributed by atoms with Crippen molar-refractivity contribution in [2.45, 2.75) is 57.4 Å². The van der Waals surface area contributed by atoms with Gasteiger partial charge in [0.2, 0.25) is 0 Å². The van der Waals surface area contributed by atoms with E-state index in [0.29, 0.717) is 13.0 Å². The quantitative estimate of drug-likeness (QED) is 0.772.